The van der Waals surface area contributed by atoms with E-state index in [1.165, 1.54) is 0 Å². The second kappa shape index (κ2) is 5.94. The Bertz CT molecular complexity index is 730. The Morgan fingerprint density at radius 2 is 1.81 bits per heavy atom. The molecule has 1 aromatic heterocycles. The third-order valence-electron chi connectivity index (χ3n) is 3.54. The molecule has 1 atom stereocenters. The summed E-state index contributed by atoms with van der Waals surface area (Å²) in [6.07, 6.45) is 1.82. The first-order valence-electron chi connectivity index (χ1n) is 7.05. The van der Waals surface area contributed by atoms with Crippen LogP contribution in [0, 0.1) is 0 Å². The fraction of sp³-hybridized carbons (Fsp3) is 0.167. The first-order chi connectivity index (χ1) is 10.2. The molecule has 0 radical (unpaired) electrons. The first kappa shape index (κ1) is 13.6. The van der Waals surface area contributed by atoms with Gasteiger partial charge in [-0.2, -0.15) is 0 Å². The number of hydrogen-bond donors (Lipinski definition) is 1. The molecule has 0 spiro atoms. The van der Waals surface area contributed by atoms with E-state index in [-0.39, 0.29) is 6.04 Å². The van der Waals surface area contributed by atoms with E-state index in [2.05, 4.69) is 11.1 Å². The fourth-order valence-corrected chi connectivity index (χ4v) is 2.31. The average Bonchev–Trinajstić information content (AvgIpc) is 2.53. The van der Waals surface area contributed by atoms with Gasteiger partial charge < -0.3 is 10.5 Å². The third kappa shape index (κ3) is 3.03. The molecule has 0 aliphatic carbocycles. The van der Waals surface area contributed by atoms with Crippen LogP contribution < -0.4 is 10.5 Å². The molecule has 0 saturated heterocycles. The topological polar surface area (TPSA) is 48.1 Å². The van der Waals surface area contributed by atoms with Crippen LogP contribution >= 0.6 is 0 Å². The SMILES string of the molecule is C[C@H](N)c1ccc(OCc2ccnc3ccccc23)cc1. The summed E-state index contributed by atoms with van der Waals surface area (Å²) in [6, 6.07) is 18.1. The zero-order valence-corrected chi connectivity index (χ0v) is 12.0. The Morgan fingerprint density at radius 3 is 2.57 bits per heavy atom. The Labute approximate surface area is 124 Å². The molecule has 2 aromatic carbocycles. The molecule has 1 heterocycles. The maximum atomic E-state index is 5.87. The van der Waals surface area contributed by atoms with Crippen molar-refractivity contribution in [2.75, 3.05) is 0 Å². The molecule has 0 fully saturated rings. The summed E-state index contributed by atoms with van der Waals surface area (Å²) in [7, 11) is 0. The monoisotopic (exact) mass is 278 g/mol. The van der Waals surface area contributed by atoms with Crippen molar-refractivity contribution in [1.82, 2.24) is 4.98 Å². The summed E-state index contributed by atoms with van der Waals surface area (Å²) >= 11 is 0. The van der Waals surface area contributed by atoms with Gasteiger partial charge >= 0.3 is 0 Å². The molecule has 0 aliphatic rings. The van der Waals surface area contributed by atoms with Crippen LogP contribution in [0.25, 0.3) is 10.9 Å². The highest BCUT2D eigenvalue weighted by atomic mass is 16.5. The largest absolute Gasteiger partial charge is 0.489 e. The van der Waals surface area contributed by atoms with Crippen molar-refractivity contribution in [2.45, 2.75) is 19.6 Å². The van der Waals surface area contributed by atoms with E-state index < -0.39 is 0 Å². The lowest BCUT2D eigenvalue weighted by Gasteiger charge is -2.10. The van der Waals surface area contributed by atoms with Crippen LogP contribution in [0.1, 0.15) is 24.1 Å². The summed E-state index contributed by atoms with van der Waals surface area (Å²) in [5.41, 5.74) is 9.08. The van der Waals surface area contributed by atoms with Crippen LogP contribution in [0.2, 0.25) is 0 Å². The van der Waals surface area contributed by atoms with Crippen LogP contribution in [-0.4, -0.2) is 4.98 Å². The van der Waals surface area contributed by atoms with Gasteiger partial charge in [0.1, 0.15) is 12.4 Å². The number of ether oxygens (including phenoxy) is 1. The predicted octanol–water partition coefficient (Wildman–Crippen LogP) is 3.83. The summed E-state index contributed by atoms with van der Waals surface area (Å²) in [5.74, 6) is 0.847. The van der Waals surface area contributed by atoms with Gasteiger partial charge in [0.15, 0.2) is 0 Å². The molecule has 0 amide bonds. The van der Waals surface area contributed by atoms with Crippen molar-refractivity contribution < 1.29 is 4.74 Å². The quantitative estimate of drug-likeness (QED) is 0.789. The van der Waals surface area contributed by atoms with E-state index in [1.54, 1.807) is 0 Å². The lowest BCUT2D eigenvalue weighted by molar-refractivity contribution is 0.307. The summed E-state index contributed by atoms with van der Waals surface area (Å²) in [6.45, 7) is 2.50. The van der Waals surface area contributed by atoms with Crippen molar-refractivity contribution in [2.24, 2.45) is 5.73 Å². The molecule has 2 N–H and O–H groups in total. The van der Waals surface area contributed by atoms with Crippen LogP contribution in [-0.2, 0) is 6.61 Å². The van der Waals surface area contributed by atoms with Crippen LogP contribution in [0.5, 0.6) is 5.75 Å². The van der Waals surface area contributed by atoms with E-state index >= 15 is 0 Å². The molecule has 3 heteroatoms. The van der Waals surface area contributed by atoms with Gasteiger partial charge in [0.25, 0.3) is 0 Å². The molecule has 3 nitrogen and oxygen atoms in total. The number of nitrogens with zero attached hydrogens (tertiary/aromatic N) is 1. The molecule has 0 unspecified atom stereocenters. The number of rotatable bonds is 4. The molecule has 106 valence electrons. The van der Waals surface area contributed by atoms with Gasteiger partial charge in [-0.15, -0.1) is 0 Å². The van der Waals surface area contributed by atoms with Crippen molar-refractivity contribution in [1.29, 1.82) is 0 Å². The van der Waals surface area contributed by atoms with Crippen molar-refractivity contribution >= 4 is 10.9 Å². The van der Waals surface area contributed by atoms with Gasteiger partial charge in [-0.25, -0.2) is 0 Å². The first-order valence-corrected chi connectivity index (χ1v) is 7.05. The molecule has 21 heavy (non-hydrogen) atoms. The summed E-state index contributed by atoms with van der Waals surface area (Å²) in [4.78, 5) is 4.36. The molecule has 3 rings (SSSR count). The van der Waals surface area contributed by atoms with E-state index in [1.807, 2.05) is 61.7 Å². The standard InChI is InChI=1S/C18H18N2O/c1-13(19)14-6-8-16(9-7-14)21-12-15-10-11-20-18-5-3-2-4-17(15)18/h2-11,13H,12,19H2,1H3/t13-/m0/s1. The zero-order valence-electron chi connectivity index (χ0n) is 12.0. The maximum absolute atomic E-state index is 5.87. The van der Waals surface area contributed by atoms with Crippen molar-refractivity contribution in [3.8, 4) is 5.75 Å². The molecule has 0 bridgehead atoms. The zero-order chi connectivity index (χ0) is 14.7. The lowest BCUT2D eigenvalue weighted by atomic mass is 10.1. The molecular weight excluding hydrogens is 260 g/mol. The lowest BCUT2D eigenvalue weighted by Crippen LogP contribution is -2.04. The minimum absolute atomic E-state index is 0.0446. The number of pyridine rings is 1. The Kier molecular flexibility index (Phi) is 3.84. The van der Waals surface area contributed by atoms with Gasteiger partial charge in [-0.1, -0.05) is 30.3 Å². The van der Waals surface area contributed by atoms with Crippen LogP contribution in [0.15, 0.2) is 60.8 Å². The summed E-state index contributed by atoms with van der Waals surface area (Å²) in [5, 5.41) is 1.13. The second-order valence-corrected chi connectivity index (χ2v) is 5.13. The van der Waals surface area contributed by atoms with E-state index in [0.717, 1.165) is 27.8 Å². The number of benzene rings is 2. The molecule has 3 aromatic rings. The minimum Gasteiger partial charge on any atom is -0.489 e. The van der Waals surface area contributed by atoms with Crippen LogP contribution in [0.4, 0.5) is 0 Å². The highest BCUT2D eigenvalue weighted by Crippen LogP contribution is 2.20. The molecular formula is C18H18N2O. The van der Waals surface area contributed by atoms with Crippen LogP contribution in [0.3, 0.4) is 0 Å². The van der Waals surface area contributed by atoms with E-state index in [4.69, 9.17) is 10.5 Å². The van der Waals surface area contributed by atoms with E-state index in [0.29, 0.717) is 6.61 Å². The number of para-hydroxylation sites is 1. The predicted molar refractivity (Wildman–Crippen MR) is 85.1 cm³/mol. The Morgan fingerprint density at radius 1 is 1.05 bits per heavy atom. The maximum Gasteiger partial charge on any atom is 0.119 e. The Balaban J connectivity index is 1.77. The van der Waals surface area contributed by atoms with Gasteiger partial charge in [0.05, 0.1) is 5.52 Å². The molecule has 0 aliphatic heterocycles. The van der Waals surface area contributed by atoms with Gasteiger partial charge in [0.2, 0.25) is 0 Å². The summed E-state index contributed by atoms with van der Waals surface area (Å²) < 4.78 is 5.87. The van der Waals surface area contributed by atoms with Crippen molar-refractivity contribution in [3.63, 3.8) is 0 Å². The van der Waals surface area contributed by atoms with Gasteiger partial charge in [0, 0.05) is 23.2 Å². The number of nitrogens with two attached hydrogens (primary N) is 1. The average molecular weight is 278 g/mol. The number of fused-ring (bicyclic) bond motifs is 1. The normalized spacial score (nSPS) is 12.3. The van der Waals surface area contributed by atoms with Gasteiger partial charge in [-0.05, 0) is 36.8 Å². The highest BCUT2D eigenvalue weighted by Gasteiger charge is 2.03. The highest BCUT2D eigenvalue weighted by molar-refractivity contribution is 5.81. The number of aromatic nitrogens is 1. The third-order valence-corrected chi connectivity index (χ3v) is 3.54. The second-order valence-electron chi connectivity index (χ2n) is 5.13. The van der Waals surface area contributed by atoms with Crippen molar-refractivity contribution in [3.05, 3.63) is 71.9 Å². The van der Waals surface area contributed by atoms with Gasteiger partial charge in [-0.3, -0.25) is 4.98 Å². The Hall–Kier alpha value is -2.39. The molecule has 0 saturated carbocycles. The fourth-order valence-electron chi connectivity index (χ4n) is 2.31. The van der Waals surface area contributed by atoms with E-state index in [9.17, 15) is 0 Å². The smallest absolute Gasteiger partial charge is 0.119 e. The number of hydrogen-bond acceptors (Lipinski definition) is 3. The minimum atomic E-state index is 0.0446.